The number of Topliss-reactive ketones (excluding diaryl/α,β-unsaturated/α-hetero) is 3. The molecule has 9 aliphatic heterocycles. The van der Waals surface area contributed by atoms with Crippen molar-refractivity contribution in [3.63, 3.8) is 0 Å². The average molecular weight is 2080 g/mol. The molecule has 0 aromatic carbocycles. The topological polar surface area (TPSA) is 620 Å². The summed E-state index contributed by atoms with van der Waals surface area (Å²) in [6, 6.07) is 0. The molecule has 6 fully saturated rings. The summed E-state index contributed by atoms with van der Waals surface area (Å²) in [5, 5.41) is 2.29. The van der Waals surface area contributed by atoms with Crippen LogP contribution in [-0.2, 0) is 150 Å². The maximum Gasteiger partial charge on any atom is 0.515 e. The van der Waals surface area contributed by atoms with Crippen molar-refractivity contribution < 1.29 is 183 Å². The van der Waals surface area contributed by atoms with E-state index in [1.165, 1.54) is 0 Å². The van der Waals surface area contributed by atoms with Gasteiger partial charge in [-0.25, -0.2) is 76.3 Å². The second-order valence-electron chi connectivity index (χ2n) is 43.2. The van der Waals surface area contributed by atoms with Gasteiger partial charge < -0.3 is 66.3 Å². The Hall–Kier alpha value is -10.6. The van der Waals surface area contributed by atoms with Crippen LogP contribution in [0.5, 0.6) is 5.88 Å². The van der Waals surface area contributed by atoms with Crippen LogP contribution in [0, 0.1) is 17.8 Å². The largest absolute Gasteiger partial charge is 0.515 e. The lowest BCUT2D eigenvalue weighted by Crippen LogP contribution is -2.64. The summed E-state index contributed by atoms with van der Waals surface area (Å²) >= 11 is 0. The van der Waals surface area contributed by atoms with Crippen LogP contribution in [0.4, 0.5) is 83.2 Å². The summed E-state index contributed by atoms with van der Waals surface area (Å²) in [5.41, 5.74) is -13.1. The lowest BCUT2D eigenvalue weighted by atomic mass is 9.84. The van der Waals surface area contributed by atoms with E-state index >= 15 is 0 Å². The molecule has 0 bridgehead atoms. The Morgan fingerprint density at radius 3 is 1.01 bits per heavy atom. The van der Waals surface area contributed by atoms with Gasteiger partial charge in [-0.15, -0.1) is 9.80 Å². The first-order chi connectivity index (χ1) is 64.6. The van der Waals surface area contributed by atoms with E-state index < -0.39 is 272 Å². The van der Waals surface area contributed by atoms with Gasteiger partial charge in [0.1, 0.15) is 74.3 Å². The lowest BCUT2D eigenvalue weighted by Gasteiger charge is -2.48. The number of nitrogens with zero attached hydrogens (tertiary/aromatic N) is 10. The number of aromatic nitrogens is 6. The zero-order valence-corrected chi connectivity index (χ0v) is 87.9. The minimum absolute atomic E-state index is 0.118. The Morgan fingerprint density at radius 2 is 0.676 bits per heavy atom. The number of phosphoric ester groups is 3. The van der Waals surface area contributed by atoms with E-state index in [0.717, 1.165) is 36.0 Å². The standard InChI is InChI=1S/C32H47N4O15P.2C27H39N4O13P/c1-29(2,3)47-25(38)35-21-17(14-16-19(37)20-18(45-23(16)35)15-44-52(42,43-13)51-20)22(46-28(41)50-32(10,11)12)34-24(33-21)36(26(39)48-30(4,5)6)27(40)49-31(7,8)9;1-25(2,3)41-22(34)29-21-28-18-14(19(33)31(21)24(36)43-27(7,8)9)11-13-16(32)17-15(12-39-45(37,38-10)44-17)40-20(13)30(18)23(35)42-26(4,5)6;1-25(2,3)41-22(34)30-18-14(11-13-16(32)17-15(40-20(13)30)12-39-45(37,38-10)44-17)19(33)29-21(28-18)31(23(35)42-26(4,5)6)24(36)43-27(7,8)9/h16,18,20,23H,14-15H2,1-13H3;13,15,17,20H,11-12H2,1-10H3,(H,28,29,34);13,15,17,20H,11-12H2,1-10H3,(H,28,29,33). The SMILES string of the molecule is COP1(=O)OCC2OC3C(Cc4c(OC(=O)OC(C)(C)C)nc(N(C(=O)OC(C)(C)C)C(=O)OC(C)(C)C)nc4N3C(=O)OC(C)(C)C)C(=O)C2O1.COP1(=O)OCC2OC3C(Cc4c(nc(N(C(=O)OC(C)(C)C)C(=O)OC(C)(C)C)[nH]c4=O)N3C(=O)OC(C)(C)C)C(=O)C2O1.COP1(=O)OCC2OC3C(Cc4c(nc(NC(=O)OC(C)(C)C)n(C(=O)OC(C)(C)C)c4=O)N3C(=O)OC(C)(C)C)C(=O)C2O1. The molecule has 12 rings (SSSR count). The number of ether oxygens (including phenoxy) is 14. The fourth-order valence-electron chi connectivity index (χ4n) is 14.4. The van der Waals surface area contributed by atoms with E-state index in [-0.39, 0.29) is 66.6 Å². The lowest BCUT2D eigenvalue weighted by molar-refractivity contribution is -0.184. The van der Waals surface area contributed by atoms with Gasteiger partial charge in [0, 0.05) is 21.3 Å². The maximum atomic E-state index is 14.1. The summed E-state index contributed by atoms with van der Waals surface area (Å²) in [6.07, 6.45) is -24.6. The number of fused-ring (bicyclic) bond motifs is 9. The Kier molecular flexibility index (Phi) is 32.5. The average Bonchev–Trinajstić information content (AvgIpc) is 0.725. The number of anilines is 6. The number of amides is 8. The number of carbonyl (C=O) groups excluding carboxylic acids is 13. The van der Waals surface area contributed by atoms with E-state index in [0.29, 0.717) is 14.4 Å². The molecule has 9 aliphatic rings. The second kappa shape index (κ2) is 40.8. The van der Waals surface area contributed by atoms with Crippen LogP contribution in [0.2, 0.25) is 0 Å². The molecule has 3 aromatic heterocycles. The van der Waals surface area contributed by atoms with E-state index in [9.17, 15) is 85.6 Å². The smallest absolute Gasteiger partial charge is 0.444 e. The Labute approximate surface area is 816 Å². The monoisotopic (exact) mass is 2070 g/mol. The molecule has 0 aliphatic carbocycles. The van der Waals surface area contributed by atoms with Crippen LogP contribution in [0.25, 0.3) is 0 Å². The highest BCUT2D eigenvalue weighted by Gasteiger charge is 2.63. The molecule has 790 valence electrons. The fraction of sp³-hybridized carbons (Fsp3) is 0.709. The predicted octanol–water partition coefficient (Wildman–Crippen LogP) is 13.4. The van der Waals surface area contributed by atoms with E-state index in [4.69, 9.17) is 107 Å². The third kappa shape index (κ3) is 27.7. The summed E-state index contributed by atoms with van der Waals surface area (Å²) < 4.78 is 163. The predicted molar refractivity (Wildman–Crippen MR) is 489 cm³/mol. The minimum Gasteiger partial charge on any atom is -0.444 e. The third-order valence-corrected chi connectivity index (χ3v) is 23.7. The normalized spacial score (nSPS) is 26.0. The van der Waals surface area contributed by atoms with Crippen molar-refractivity contribution in [1.29, 1.82) is 0 Å². The zero-order chi connectivity index (χ0) is 107. The Balaban J connectivity index is 0.000000220. The number of hydrogen-bond donors (Lipinski definition) is 2. The minimum atomic E-state index is -4.12. The van der Waals surface area contributed by atoms with Gasteiger partial charge in [0.25, 0.3) is 11.1 Å². The van der Waals surface area contributed by atoms with E-state index in [1.54, 1.807) is 208 Å². The van der Waals surface area contributed by atoms with Gasteiger partial charge in [-0.2, -0.15) is 24.5 Å². The molecule has 6 saturated heterocycles. The highest BCUT2D eigenvalue weighted by molar-refractivity contribution is 7.49. The molecule has 12 heterocycles. The molecule has 15 atom stereocenters. The van der Waals surface area contributed by atoms with E-state index in [1.807, 2.05) is 0 Å². The first-order valence-corrected chi connectivity index (χ1v) is 49.0. The van der Waals surface area contributed by atoms with Gasteiger partial charge in [-0.05, 0) is 227 Å². The molecule has 2 N–H and O–H groups in total. The first-order valence-electron chi connectivity index (χ1n) is 44.6. The summed E-state index contributed by atoms with van der Waals surface area (Å²) in [6.45, 7) is 46.3. The number of nitrogens with one attached hydrogen (secondary N) is 2. The van der Waals surface area contributed by atoms with Crippen molar-refractivity contribution in [2.75, 3.05) is 71.0 Å². The van der Waals surface area contributed by atoms with Crippen LogP contribution in [0.3, 0.4) is 0 Å². The van der Waals surface area contributed by atoms with E-state index in [2.05, 4.69) is 30.2 Å². The molecule has 0 saturated carbocycles. The summed E-state index contributed by atoms with van der Waals surface area (Å²) in [4.78, 5) is 227. The van der Waals surface area contributed by atoms with Crippen molar-refractivity contribution in [1.82, 2.24) is 29.5 Å². The third-order valence-electron chi connectivity index (χ3n) is 19.6. The molecule has 15 unspecified atom stereocenters. The van der Waals surface area contributed by atoms with Crippen molar-refractivity contribution >= 4 is 137 Å². The van der Waals surface area contributed by atoms with Crippen molar-refractivity contribution in [2.24, 2.45) is 17.8 Å². The number of hydrogen-bond acceptors (Lipinski definition) is 45. The molecular weight excluding hydrogens is 1950 g/mol. The van der Waals surface area contributed by atoms with Crippen LogP contribution >= 0.6 is 23.5 Å². The summed E-state index contributed by atoms with van der Waals surface area (Å²) in [7, 11) is -8.98. The quantitative estimate of drug-likeness (QED) is 0.126. The maximum absolute atomic E-state index is 14.1. The highest BCUT2D eigenvalue weighted by atomic mass is 31.2. The number of H-pyrrole nitrogens is 1. The number of carbonyl (C=O) groups is 13. The molecule has 56 heteroatoms. The van der Waals surface area contributed by atoms with Crippen LogP contribution < -0.4 is 45.7 Å². The number of ketones is 3. The molecule has 0 radical (unpaired) electrons. The Morgan fingerprint density at radius 1 is 0.373 bits per heavy atom. The Bertz CT molecular complexity index is 5680. The van der Waals surface area contributed by atoms with Gasteiger partial charge in [0.05, 0.1) is 54.3 Å². The number of aromatic amines is 1. The molecular formula is C86H125N12O41P3. The van der Waals surface area contributed by atoms with Crippen molar-refractivity contribution in [3.05, 3.63) is 37.4 Å². The fourth-order valence-corrected chi connectivity index (χ4v) is 17.7. The number of rotatable bonds is 7. The zero-order valence-electron chi connectivity index (χ0n) is 85.2. The first kappa shape index (κ1) is 113. The van der Waals surface area contributed by atoms with Crippen molar-refractivity contribution in [2.45, 2.75) is 338 Å². The number of phosphoric acid groups is 3. The van der Waals surface area contributed by atoms with Gasteiger partial charge in [-0.3, -0.25) is 75.0 Å². The highest BCUT2D eigenvalue weighted by Crippen LogP contribution is 2.59. The van der Waals surface area contributed by atoms with Gasteiger partial charge in [0.15, 0.2) is 71.8 Å². The van der Waals surface area contributed by atoms with Gasteiger partial charge in [0.2, 0.25) is 23.7 Å². The second-order valence-corrected chi connectivity index (χ2v) is 48.4. The van der Waals surface area contributed by atoms with Crippen molar-refractivity contribution in [3.8, 4) is 5.88 Å². The number of imide groups is 2. The van der Waals surface area contributed by atoms with Gasteiger partial charge >= 0.3 is 84.5 Å². The van der Waals surface area contributed by atoms with Crippen LogP contribution in [-0.4, -0.2) is 260 Å². The van der Waals surface area contributed by atoms with Gasteiger partial charge in [-0.1, -0.05) is 0 Å². The molecule has 142 heavy (non-hydrogen) atoms. The van der Waals surface area contributed by atoms with Crippen LogP contribution in [0.1, 0.15) is 224 Å². The van der Waals surface area contributed by atoms with Crippen LogP contribution in [0.15, 0.2) is 9.59 Å². The molecule has 0 spiro atoms. The molecule has 53 nitrogen and oxygen atoms in total. The molecule has 8 amide bonds. The molecule has 3 aromatic rings. The summed E-state index contributed by atoms with van der Waals surface area (Å²) in [5.74, 6) is -9.29.